The minimum absolute atomic E-state index is 0.0570. The van der Waals surface area contributed by atoms with E-state index in [9.17, 15) is 29.0 Å². The van der Waals surface area contributed by atoms with Crippen molar-refractivity contribution in [1.82, 2.24) is 26.0 Å². The predicted octanol–water partition coefficient (Wildman–Crippen LogP) is 2.34. The van der Waals surface area contributed by atoms with Crippen LogP contribution in [0, 0.1) is 5.92 Å². The van der Waals surface area contributed by atoms with Crippen molar-refractivity contribution in [3.05, 3.63) is 47.7 Å². The van der Waals surface area contributed by atoms with E-state index in [1.807, 2.05) is 6.92 Å². The van der Waals surface area contributed by atoms with Crippen LogP contribution in [0.3, 0.4) is 0 Å². The molecule has 0 saturated carbocycles. The third-order valence-corrected chi connectivity index (χ3v) is 7.12. The number of hydrogen-bond acceptors (Lipinski definition) is 9. The lowest BCUT2D eigenvalue weighted by Gasteiger charge is -2.29. The van der Waals surface area contributed by atoms with Crippen molar-refractivity contribution in [1.29, 1.82) is 0 Å². The van der Waals surface area contributed by atoms with Gasteiger partial charge in [0, 0.05) is 5.56 Å². The summed E-state index contributed by atoms with van der Waals surface area (Å²) in [6.45, 7) is 5.27. The highest BCUT2D eigenvalue weighted by molar-refractivity contribution is 7.51. The summed E-state index contributed by atoms with van der Waals surface area (Å²) >= 11 is 0. The fraction of sp³-hybridized carbons (Fsp3) is 0.448. The number of ether oxygens (including phenoxy) is 1. The Kier molecular flexibility index (Phi) is 17.8. The summed E-state index contributed by atoms with van der Waals surface area (Å²) in [7, 11) is -4.45. The third-order valence-electron chi connectivity index (χ3n) is 6.55. The van der Waals surface area contributed by atoms with E-state index in [0.29, 0.717) is 29.2 Å². The van der Waals surface area contributed by atoms with Gasteiger partial charge in [0.25, 0.3) is 18.3 Å². The number of carbonyl (C=O) groups excluding carboxylic acids is 4. The Morgan fingerprint density at radius 1 is 1.02 bits per heavy atom. The maximum Gasteiger partial charge on any atom is 0.344 e. The average Bonchev–Trinajstić information content (AvgIpc) is 3.03. The van der Waals surface area contributed by atoms with Crippen LogP contribution in [0.15, 0.2) is 36.4 Å². The van der Waals surface area contributed by atoms with Crippen LogP contribution < -0.4 is 20.7 Å². The van der Waals surface area contributed by atoms with Gasteiger partial charge in [0.2, 0.25) is 12.3 Å². The lowest BCUT2D eigenvalue weighted by atomic mass is 9.90. The number of aromatic nitrogens is 1. The van der Waals surface area contributed by atoms with Gasteiger partial charge >= 0.3 is 7.60 Å². The van der Waals surface area contributed by atoms with Crippen molar-refractivity contribution in [3.8, 4) is 17.0 Å². The zero-order chi connectivity index (χ0) is 34.7. The van der Waals surface area contributed by atoms with E-state index in [4.69, 9.17) is 24.4 Å². The maximum absolute atomic E-state index is 13.0. The van der Waals surface area contributed by atoms with Gasteiger partial charge in [0.05, 0.1) is 36.5 Å². The molecule has 0 unspecified atom stereocenters. The van der Waals surface area contributed by atoms with E-state index in [2.05, 4.69) is 20.9 Å². The Hall–Kier alpha value is -4.37. The Morgan fingerprint density at radius 3 is 2.30 bits per heavy atom. The minimum Gasteiger partial charge on any atom is -0.493 e. The van der Waals surface area contributed by atoms with Crippen LogP contribution in [0.25, 0.3) is 11.3 Å². The zero-order valence-corrected chi connectivity index (χ0v) is 26.8. The molecular formula is C29H42N5O11P. The van der Waals surface area contributed by atoms with Crippen LogP contribution in [-0.4, -0.2) is 86.4 Å². The highest BCUT2D eigenvalue weighted by Gasteiger charge is 2.30. The van der Waals surface area contributed by atoms with Crippen molar-refractivity contribution in [2.75, 3.05) is 19.6 Å². The molecule has 4 amide bonds. The first kappa shape index (κ1) is 39.7. The van der Waals surface area contributed by atoms with Crippen LogP contribution >= 0.6 is 7.60 Å². The van der Waals surface area contributed by atoms with Gasteiger partial charge in [-0.25, -0.2) is 10.0 Å². The van der Waals surface area contributed by atoms with Crippen molar-refractivity contribution in [2.45, 2.75) is 58.9 Å². The molecule has 17 heteroatoms. The van der Waals surface area contributed by atoms with Crippen molar-refractivity contribution in [3.63, 3.8) is 0 Å². The molecule has 0 saturated heterocycles. The van der Waals surface area contributed by atoms with E-state index in [-0.39, 0.29) is 43.2 Å². The average molecular weight is 668 g/mol. The first-order chi connectivity index (χ1) is 21.9. The van der Waals surface area contributed by atoms with Crippen molar-refractivity contribution >= 4 is 38.2 Å². The molecular weight excluding hydrogens is 625 g/mol. The third kappa shape index (κ3) is 13.3. The molecule has 0 aliphatic rings. The Bertz CT molecular complexity index is 1350. The molecule has 1 heterocycles. The quantitative estimate of drug-likeness (QED) is 0.0302. The number of rotatable bonds is 18. The van der Waals surface area contributed by atoms with Gasteiger partial charge < -0.3 is 35.6 Å². The summed E-state index contributed by atoms with van der Waals surface area (Å²) in [6, 6.07) is 8.57. The van der Waals surface area contributed by atoms with Gasteiger partial charge in [-0.3, -0.25) is 33.7 Å². The highest BCUT2D eigenvalue weighted by Crippen LogP contribution is 2.33. The zero-order valence-electron chi connectivity index (χ0n) is 25.9. The van der Waals surface area contributed by atoms with Gasteiger partial charge in [-0.05, 0) is 44.0 Å². The van der Waals surface area contributed by atoms with E-state index in [1.165, 1.54) is 18.2 Å². The number of nitrogens with one attached hydrogen (secondary N) is 3. The molecule has 0 aliphatic heterocycles. The topological polar surface area (TPSA) is 245 Å². The molecule has 0 fully saturated rings. The van der Waals surface area contributed by atoms with E-state index < -0.39 is 43.6 Å². The second kappa shape index (κ2) is 20.6. The SMILES string of the molecule is CCCCC[C@@H](C(=O)NCNC(=O)c1cccc(-c2ccc(C(=O)NCP(=O)(O)O)c(OCC)c2)n1)[C@@H](CC)N(O)C=O.O=CO. The molecule has 0 spiro atoms. The number of pyridine rings is 1. The Morgan fingerprint density at radius 2 is 1.72 bits per heavy atom. The maximum atomic E-state index is 13.0. The number of amides is 4. The monoisotopic (exact) mass is 667 g/mol. The van der Waals surface area contributed by atoms with Crippen LogP contribution in [0.2, 0.25) is 0 Å². The molecule has 2 aromatic rings. The summed E-state index contributed by atoms with van der Waals surface area (Å²) in [5, 5.41) is 24.8. The molecule has 1 aromatic heterocycles. The fourth-order valence-corrected chi connectivity index (χ4v) is 4.77. The lowest BCUT2D eigenvalue weighted by Crippen LogP contribution is -2.47. The molecule has 1 aromatic carbocycles. The molecule has 7 N–H and O–H groups in total. The summed E-state index contributed by atoms with van der Waals surface area (Å²) in [6.07, 6.45) is 2.86. The van der Waals surface area contributed by atoms with Gasteiger partial charge in [-0.2, -0.15) is 0 Å². The molecule has 0 bridgehead atoms. The van der Waals surface area contributed by atoms with Gasteiger partial charge in [-0.15, -0.1) is 0 Å². The number of carboxylic acid groups (broad SMARTS) is 1. The van der Waals surface area contributed by atoms with E-state index in [0.717, 1.165) is 19.3 Å². The molecule has 46 heavy (non-hydrogen) atoms. The second-order valence-corrected chi connectivity index (χ2v) is 11.4. The minimum atomic E-state index is -4.45. The fourth-order valence-electron chi connectivity index (χ4n) is 4.42. The molecule has 254 valence electrons. The summed E-state index contributed by atoms with van der Waals surface area (Å²) < 4.78 is 16.7. The van der Waals surface area contributed by atoms with Crippen LogP contribution in [0.1, 0.15) is 73.7 Å². The van der Waals surface area contributed by atoms with Crippen molar-refractivity contribution < 1.29 is 53.4 Å². The molecule has 16 nitrogen and oxygen atoms in total. The number of carbonyl (C=O) groups is 5. The number of benzene rings is 1. The first-order valence-corrected chi connectivity index (χ1v) is 16.3. The van der Waals surface area contributed by atoms with Crippen LogP contribution in [-0.2, 0) is 18.9 Å². The second-order valence-electron chi connectivity index (χ2n) is 9.77. The van der Waals surface area contributed by atoms with E-state index in [1.54, 1.807) is 32.0 Å². The number of hydroxylamine groups is 2. The molecule has 2 atom stereocenters. The van der Waals surface area contributed by atoms with Gasteiger partial charge in [0.1, 0.15) is 17.7 Å². The highest BCUT2D eigenvalue weighted by atomic mass is 31.2. The van der Waals surface area contributed by atoms with Crippen molar-refractivity contribution in [2.24, 2.45) is 5.92 Å². The summed E-state index contributed by atoms with van der Waals surface area (Å²) in [4.78, 5) is 80.2. The first-order valence-electron chi connectivity index (χ1n) is 14.5. The van der Waals surface area contributed by atoms with Gasteiger partial charge in [0.15, 0.2) is 0 Å². The Labute approximate surface area is 266 Å². The van der Waals surface area contributed by atoms with E-state index >= 15 is 0 Å². The smallest absolute Gasteiger partial charge is 0.344 e. The normalized spacial score (nSPS) is 12.0. The molecule has 0 radical (unpaired) electrons. The summed E-state index contributed by atoms with van der Waals surface area (Å²) in [5.41, 5.74) is 1.03. The van der Waals surface area contributed by atoms with Gasteiger partial charge in [-0.1, -0.05) is 45.2 Å². The van der Waals surface area contributed by atoms with Crippen LogP contribution in [0.5, 0.6) is 5.75 Å². The largest absolute Gasteiger partial charge is 0.493 e. The number of hydrogen-bond donors (Lipinski definition) is 7. The number of unbranched alkanes of at least 4 members (excludes halogenated alkanes) is 2. The lowest BCUT2D eigenvalue weighted by molar-refractivity contribution is -0.168. The Balaban J connectivity index is 0.00000338. The standard InChI is InChI=1S/C28H40N5O9P.CH2O2/c1-4-7-8-10-20(24(5-2)33(38)18-34)26(35)29-16-30-28(37)23-12-9-11-22(32-23)19-13-14-21(25(15-19)42-6-3)27(36)31-17-43(39,40)41;2-1-3/h9,11-15,18,20,24,38H,4-8,10,16-17H2,1-3H3,(H,29,35)(H,30,37)(H,31,36)(H2,39,40,41);1H,(H,2,3)/t20-,24-;/m1./s1. The molecule has 0 aliphatic carbocycles. The predicted molar refractivity (Wildman–Crippen MR) is 166 cm³/mol. The summed E-state index contributed by atoms with van der Waals surface area (Å²) in [5.74, 6) is -2.19. The molecule has 2 rings (SSSR count). The number of nitrogens with zero attached hydrogens (tertiary/aromatic N) is 2. The van der Waals surface area contributed by atoms with Crippen LogP contribution in [0.4, 0.5) is 0 Å².